The summed E-state index contributed by atoms with van der Waals surface area (Å²) in [5, 5.41) is 0. The second-order valence-electron chi connectivity index (χ2n) is 8.58. The molecule has 0 aromatic carbocycles. The van der Waals surface area contributed by atoms with Crippen LogP contribution in [0.4, 0.5) is 5.95 Å². The summed E-state index contributed by atoms with van der Waals surface area (Å²) < 4.78 is 5.59. The summed E-state index contributed by atoms with van der Waals surface area (Å²) in [5.74, 6) is 1.02. The van der Waals surface area contributed by atoms with Crippen molar-refractivity contribution in [3.63, 3.8) is 0 Å². The molecule has 4 heterocycles. The van der Waals surface area contributed by atoms with Crippen molar-refractivity contribution in [1.29, 1.82) is 0 Å². The lowest BCUT2D eigenvalue weighted by molar-refractivity contribution is -0.140. The number of hydrogen-bond donors (Lipinski definition) is 0. The summed E-state index contributed by atoms with van der Waals surface area (Å²) >= 11 is 0. The molecule has 152 valence electrons. The lowest BCUT2D eigenvalue weighted by Crippen LogP contribution is -2.52. The molecule has 1 aromatic rings. The molecule has 1 unspecified atom stereocenters. The van der Waals surface area contributed by atoms with Crippen molar-refractivity contribution in [2.75, 3.05) is 50.8 Å². The van der Waals surface area contributed by atoms with E-state index in [1.165, 1.54) is 24.8 Å². The Kier molecular flexibility index (Phi) is 5.20. The maximum absolute atomic E-state index is 12.7. The highest BCUT2D eigenvalue weighted by Crippen LogP contribution is 2.26. The number of fused-ring (bicyclic) bond motifs is 1. The van der Waals surface area contributed by atoms with Gasteiger partial charge in [0.05, 0.1) is 5.69 Å². The highest BCUT2D eigenvalue weighted by atomic mass is 16.5. The molecule has 7 nitrogen and oxygen atoms in total. The highest BCUT2D eigenvalue weighted by molar-refractivity contribution is 5.81. The van der Waals surface area contributed by atoms with Gasteiger partial charge in [-0.05, 0) is 37.7 Å². The summed E-state index contributed by atoms with van der Waals surface area (Å²) in [7, 11) is 0. The average molecular weight is 386 g/mol. The second kappa shape index (κ2) is 7.95. The molecule has 1 amide bonds. The van der Waals surface area contributed by atoms with Gasteiger partial charge in [0.2, 0.25) is 5.95 Å². The number of aromatic nitrogens is 2. The Morgan fingerprint density at radius 2 is 1.82 bits per heavy atom. The zero-order valence-electron chi connectivity index (χ0n) is 16.7. The van der Waals surface area contributed by atoms with E-state index in [-0.39, 0.29) is 12.0 Å². The SMILES string of the molecule is O=C(C1CCCO1)N1CCc2cnc(N3CCN(C4CCC4)CC3)nc2CC1. The largest absolute Gasteiger partial charge is 0.368 e. The Bertz CT molecular complexity index is 709. The summed E-state index contributed by atoms with van der Waals surface area (Å²) in [6.07, 6.45) is 9.41. The molecule has 0 radical (unpaired) electrons. The predicted octanol–water partition coefficient (Wildman–Crippen LogP) is 1.26. The third-order valence-electron chi connectivity index (χ3n) is 6.92. The van der Waals surface area contributed by atoms with E-state index in [1.54, 1.807) is 0 Å². The average Bonchev–Trinajstić information content (AvgIpc) is 3.14. The number of ether oxygens (including phenoxy) is 1. The molecule has 3 fully saturated rings. The topological polar surface area (TPSA) is 61.8 Å². The standard InChI is InChI=1S/C21H31N5O2/c27-20(19-5-2-14-28-19)25-8-6-16-15-22-21(23-18(16)7-9-25)26-12-10-24(11-13-26)17-3-1-4-17/h15,17,19H,1-14H2. The first-order valence-electron chi connectivity index (χ1n) is 11.0. The molecule has 1 aromatic heterocycles. The molecule has 7 heteroatoms. The van der Waals surface area contributed by atoms with Crippen molar-refractivity contribution >= 4 is 11.9 Å². The van der Waals surface area contributed by atoms with Gasteiger partial charge in [0.25, 0.3) is 5.91 Å². The minimum atomic E-state index is -0.227. The third-order valence-corrected chi connectivity index (χ3v) is 6.92. The molecule has 3 aliphatic heterocycles. The number of anilines is 1. The van der Waals surface area contributed by atoms with Crippen LogP contribution in [0.5, 0.6) is 0 Å². The molecule has 0 spiro atoms. The van der Waals surface area contributed by atoms with Gasteiger partial charge in [-0.25, -0.2) is 9.97 Å². The van der Waals surface area contributed by atoms with Gasteiger partial charge in [0.15, 0.2) is 0 Å². The molecular weight excluding hydrogens is 354 g/mol. The molecule has 0 bridgehead atoms. The van der Waals surface area contributed by atoms with Crippen LogP contribution in [0.2, 0.25) is 0 Å². The van der Waals surface area contributed by atoms with E-state index in [2.05, 4.69) is 14.8 Å². The Labute approximate surface area is 167 Å². The van der Waals surface area contributed by atoms with Gasteiger partial charge in [0, 0.05) is 64.5 Å². The number of nitrogens with zero attached hydrogens (tertiary/aromatic N) is 5. The number of carbonyl (C=O) groups excluding carboxylic acids is 1. The molecule has 1 saturated carbocycles. The van der Waals surface area contributed by atoms with Gasteiger partial charge in [-0.2, -0.15) is 0 Å². The van der Waals surface area contributed by atoms with E-state index < -0.39 is 0 Å². The smallest absolute Gasteiger partial charge is 0.251 e. The maximum atomic E-state index is 12.7. The van der Waals surface area contributed by atoms with E-state index in [1.807, 2.05) is 11.1 Å². The predicted molar refractivity (Wildman–Crippen MR) is 106 cm³/mol. The van der Waals surface area contributed by atoms with Crippen LogP contribution in [0, 0.1) is 0 Å². The number of amides is 1. The molecular formula is C21H31N5O2. The van der Waals surface area contributed by atoms with Crippen LogP contribution in [0.15, 0.2) is 6.20 Å². The Morgan fingerprint density at radius 3 is 2.54 bits per heavy atom. The lowest BCUT2D eigenvalue weighted by atomic mass is 9.91. The second-order valence-corrected chi connectivity index (χ2v) is 8.58. The van der Waals surface area contributed by atoms with E-state index in [9.17, 15) is 4.79 Å². The van der Waals surface area contributed by atoms with Gasteiger partial charge < -0.3 is 14.5 Å². The minimum Gasteiger partial charge on any atom is -0.368 e. The van der Waals surface area contributed by atoms with Gasteiger partial charge in [-0.1, -0.05) is 6.42 Å². The highest BCUT2D eigenvalue weighted by Gasteiger charge is 2.31. The van der Waals surface area contributed by atoms with E-state index in [0.29, 0.717) is 6.61 Å². The number of hydrogen-bond acceptors (Lipinski definition) is 6. The molecule has 2 saturated heterocycles. The van der Waals surface area contributed by atoms with Gasteiger partial charge in [-0.15, -0.1) is 0 Å². The first-order chi connectivity index (χ1) is 13.8. The fraction of sp³-hybridized carbons (Fsp3) is 0.762. The van der Waals surface area contributed by atoms with Crippen LogP contribution in [0.3, 0.4) is 0 Å². The zero-order chi connectivity index (χ0) is 18.9. The van der Waals surface area contributed by atoms with Crippen molar-refractivity contribution in [2.45, 2.75) is 57.1 Å². The van der Waals surface area contributed by atoms with Crippen molar-refractivity contribution < 1.29 is 9.53 Å². The molecule has 0 N–H and O–H groups in total. The molecule has 1 atom stereocenters. The fourth-order valence-electron chi connectivity index (χ4n) is 4.85. The van der Waals surface area contributed by atoms with Crippen molar-refractivity contribution in [2.24, 2.45) is 0 Å². The monoisotopic (exact) mass is 385 g/mol. The van der Waals surface area contributed by atoms with E-state index in [0.717, 1.165) is 82.6 Å². The Hall–Kier alpha value is -1.73. The Morgan fingerprint density at radius 1 is 1.00 bits per heavy atom. The van der Waals surface area contributed by atoms with Gasteiger partial charge in [-0.3, -0.25) is 9.69 Å². The van der Waals surface area contributed by atoms with E-state index in [4.69, 9.17) is 9.72 Å². The Balaban J connectivity index is 1.21. The first-order valence-corrected chi connectivity index (χ1v) is 11.0. The molecule has 4 aliphatic rings. The summed E-state index contributed by atoms with van der Waals surface area (Å²) in [4.78, 5) is 29.2. The van der Waals surface area contributed by atoms with Gasteiger partial charge >= 0.3 is 0 Å². The van der Waals surface area contributed by atoms with E-state index >= 15 is 0 Å². The number of piperazine rings is 1. The number of rotatable bonds is 3. The normalized spacial score (nSPS) is 26.6. The van der Waals surface area contributed by atoms with Crippen LogP contribution in [0.25, 0.3) is 0 Å². The number of carbonyl (C=O) groups is 1. The van der Waals surface area contributed by atoms with Crippen LogP contribution in [0.1, 0.15) is 43.4 Å². The fourth-order valence-corrected chi connectivity index (χ4v) is 4.85. The maximum Gasteiger partial charge on any atom is 0.251 e. The zero-order valence-corrected chi connectivity index (χ0v) is 16.7. The summed E-state index contributed by atoms with van der Waals surface area (Å²) in [6, 6.07) is 0.822. The molecule has 5 rings (SSSR count). The van der Waals surface area contributed by atoms with Crippen molar-refractivity contribution in [1.82, 2.24) is 19.8 Å². The van der Waals surface area contributed by atoms with Crippen molar-refractivity contribution in [3.8, 4) is 0 Å². The van der Waals surface area contributed by atoms with Crippen molar-refractivity contribution in [3.05, 3.63) is 17.5 Å². The van der Waals surface area contributed by atoms with Gasteiger partial charge in [0.1, 0.15) is 6.10 Å². The minimum absolute atomic E-state index is 0.158. The molecule has 28 heavy (non-hydrogen) atoms. The summed E-state index contributed by atoms with van der Waals surface area (Å²) in [5.41, 5.74) is 2.31. The summed E-state index contributed by atoms with van der Waals surface area (Å²) in [6.45, 7) is 6.46. The molecule has 1 aliphatic carbocycles. The quantitative estimate of drug-likeness (QED) is 0.781. The van der Waals surface area contributed by atoms with Crippen LogP contribution < -0.4 is 4.90 Å². The van der Waals surface area contributed by atoms with Crippen LogP contribution in [-0.4, -0.2) is 83.7 Å². The lowest BCUT2D eigenvalue weighted by Gasteiger charge is -2.43. The van der Waals surface area contributed by atoms with Crippen LogP contribution in [-0.2, 0) is 22.4 Å². The third kappa shape index (κ3) is 3.62. The van der Waals surface area contributed by atoms with Crippen LogP contribution >= 0.6 is 0 Å². The first kappa shape index (κ1) is 18.3.